The van der Waals surface area contributed by atoms with E-state index in [1.807, 2.05) is 12.3 Å². The summed E-state index contributed by atoms with van der Waals surface area (Å²) in [4.78, 5) is 15.2. The fourth-order valence-corrected chi connectivity index (χ4v) is 2.97. The Morgan fingerprint density at radius 2 is 2.04 bits per heavy atom. The van der Waals surface area contributed by atoms with E-state index in [0.717, 1.165) is 0 Å². The number of rotatable bonds is 3. The van der Waals surface area contributed by atoms with Crippen molar-refractivity contribution < 1.29 is 14.8 Å². The SMILES string of the molecule is CC1(C)Oc2ccc([N+](=O)[O-])cc2[C@@H](N=C(NC#N)c2ccccc2)[C@@H]1O. The van der Waals surface area contributed by atoms with E-state index in [1.165, 1.54) is 18.2 Å². The summed E-state index contributed by atoms with van der Waals surface area (Å²) in [6, 6.07) is 12.3. The summed E-state index contributed by atoms with van der Waals surface area (Å²) in [6.45, 7) is 3.43. The number of hydrogen-bond acceptors (Lipinski definition) is 6. The fraction of sp³-hybridized carbons (Fsp3) is 0.263. The van der Waals surface area contributed by atoms with E-state index in [0.29, 0.717) is 16.9 Å². The maximum absolute atomic E-state index is 11.2. The number of fused-ring (bicyclic) bond motifs is 1. The number of nitrogens with one attached hydrogen (secondary N) is 1. The number of aliphatic hydroxyl groups is 1. The predicted molar refractivity (Wildman–Crippen MR) is 98.3 cm³/mol. The molecule has 2 aromatic carbocycles. The second-order valence-electron chi connectivity index (χ2n) is 6.65. The van der Waals surface area contributed by atoms with Crippen LogP contribution in [0.1, 0.15) is 31.0 Å². The van der Waals surface area contributed by atoms with E-state index >= 15 is 0 Å². The second kappa shape index (κ2) is 7.05. The zero-order chi connectivity index (χ0) is 19.6. The van der Waals surface area contributed by atoms with Crippen molar-refractivity contribution >= 4 is 11.5 Å². The van der Waals surface area contributed by atoms with Gasteiger partial charge in [-0.3, -0.25) is 20.4 Å². The van der Waals surface area contributed by atoms with Gasteiger partial charge in [0.25, 0.3) is 5.69 Å². The van der Waals surface area contributed by atoms with Gasteiger partial charge in [0.15, 0.2) is 6.19 Å². The Bertz CT molecular complexity index is 934. The summed E-state index contributed by atoms with van der Waals surface area (Å²) in [5.41, 5.74) is -0.0446. The predicted octanol–water partition coefficient (Wildman–Crippen LogP) is 2.69. The zero-order valence-corrected chi connectivity index (χ0v) is 14.8. The topological polar surface area (TPSA) is 121 Å². The van der Waals surface area contributed by atoms with Crippen LogP contribution in [0.4, 0.5) is 5.69 Å². The molecule has 1 aliphatic rings. The molecule has 1 heterocycles. The molecule has 27 heavy (non-hydrogen) atoms. The second-order valence-corrected chi connectivity index (χ2v) is 6.65. The summed E-state index contributed by atoms with van der Waals surface area (Å²) in [5.74, 6) is 0.673. The summed E-state index contributed by atoms with van der Waals surface area (Å²) >= 11 is 0. The molecule has 2 N–H and O–H groups in total. The molecule has 8 nitrogen and oxygen atoms in total. The Labute approximate surface area is 155 Å². The van der Waals surface area contributed by atoms with Crippen molar-refractivity contribution in [3.8, 4) is 11.9 Å². The van der Waals surface area contributed by atoms with Crippen LogP contribution in [0.5, 0.6) is 5.75 Å². The molecule has 3 rings (SSSR count). The van der Waals surface area contributed by atoms with Gasteiger partial charge in [-0.15, -0.1) is 0 Å². The van der Waals surface area contributed by atoms with Crippen molar-refractivity contribution in [3.05, 3.63) is 69.8 Å². The lowest BCUT2D eigenvalue weighted by atomic mass is 9.86. The molecule has 0 amide bonds. The summed E-state index contributed by atoms with van der Waals surface area (Å²) in [5, 5.41) is 33.6. The molecular formula is C19H18N4O4. The van der Waals surface area contributed by atoms with Crippen LogP contribution in [0.2, 0.25) is 0 Å². The number of benzene rings is 2. The average molecular weight is 366 g/mol. The first-order chi connectivity index (χ1) is 12.8. The van der Waals surface area contributed by atoms with Crippen LogP contribution in [-0.4, -0.2) is 27.6 Å². The van der Waals surface area contributed by atoms with E-state index in [-0.39, 0.29) is 11.5 Å². The van der Waals surface area contributed by atoms with Crippen LogP contribution in [-0.2, 0) is 0 Å². The first kappa shape index (κ1) is 18.4. The van der Waals surface area contributed by atoms with E-state index < -0.39 is 22.7 Å². The van der Waals surface area contributed by atoms with Gasteiger partial charge in [0.1, 0.15) is 29.3 Å². The Morgan fingerprint density at radius 1 is 1.33 bits per heavy atom. The highest BCUT2D eigenvalue weighted by atomic mass is 16.6. The van der Waals surface area contributed by atoms with Crippen LogP contribution < -0.4 is 10.1 Å². The van der Waals surface area contributed by atoms with Crippen molar-refractivity contribution in [3.63, 3.8) is 0 Å². The van der Waals surface area contributed by atoms with Gasteiger partial charge in [-0.05, 0) is 19.9 Å². The van der Waals surface area contributed by atoms with Gasteiger partial charge in [0.2, 0.25) is 0 Å². The lowest BCUT2D eigenvalue weighted by Gasteiger charge is -2.40. The Morgan fingerprint density at radius 3 is 2.67 bits per heavy atom. The largest absolute Gasteiger partial charge is 0.485 e. The van der Waals surface area contributed by atoms with Crippen LogP contribution in [0.15, 0.2) is 53.5 Å². The first-order valence-corrected chi connectivity index (χ1v) is 8.27. The van der Waals surface area contributed by atoms with Crippen LogP contribution >= 0.6 is 0 Å². The van der Waals surface area contributed by atoms with Gasteiger partial charge < -0.3 is 9.84 Å². The lowest BCUT2D eigenvalue weighted by Crippen LogP contribution is -2.48. The lowest BCUT2D eigenvalue weighted by molar-refractivity contribution is -0.385. The first-order valence-electron chi connectivity index (χ1n) is 8.27. The summed E-state index contributed by atoms with van der Waals surface area (Å²) in [6.07, 6.45) is 0.766. The van der Waals surface area contributed by atoms with E-state index in [9.17, 15) is 15.2 Å². The molecule has 0 aromatic heterocycles. The molecule has 2 atom stereocenters. The van der Waals surface area contributed by atoms with Gasteiger partial charge in [0.05, 0.1) is 4.92 Å². The third-order valence-corrected chi connectivity index (χ3v) is 4.40. The number of hydrogen-bond donors (Lipinski definition) is 2. The molecule has 1 aliphatic heterocycles. The molecule has 0 bridgehead atoms. The molecule has 0 saturated carbocycles. The fourth-order valence-electron chi connectivity index (χ4n) is 2.97. The number of nitriles is 1. The molecule has 0 spiro atoms. The quantitative estimate of drug-likeness (QED) is 0.215. The highest BCUT2D eigenvalue weighted by molar-refractivity contribution is 5.99. The molecular weight excluding hydrogens is 348 g/mol. The molecule has 8 heteroatoms. The maximum Gasteiger partial charge on any atom is 0.270 e. The Hall–Kier alpha value is -3.44. The van der Waals surface area contributed by atoms with Crippen molar-refractivity contribution in [1.29, 1.82) is 5.26 Å². The monoisotopic (exact) mass is 366 g/mol. The average Bonchev–Trinajstić information content (AvgIpc) is 2.64. The number of nitro groups is 1. The minimum Gasteiger partial charge on any atom is -0.485 e. The van der Waals surface area contributed by atoms with E-state index in [4.69, 9.17) is 10.00 Å². The van der Waals surface area contributed by atoms with Crippen LogP contribution in [0, 0.1) is 21.6 Å². The summed E-state index contributed by atoms with van der Waals surface area (Å²) < 4.78 is 5.82. The third-order valence-electron chi connectivity index (χ3n) is 4.40. The van der Waals surface area contributed by atoms with Crippen LogP contribution in [0.25, 0.3) is 0 Å². The zero-order valence-electron chi connectivity index (χ0n) is 14.8. The number of nitrogens with zero attached hydrogens (tertiary/aromatic N) is 3. The van der Waals surface area contributed by atoms with Crippen LogP contribution in [0.3, 0.4) is 0 Å². The Kier molecular flexibility index (Phi) is 4.79. The number of amidine groups is 1. The highest BCUT2D eigenvalue weighted by Gasteiger charge is 2.43. The highest BCUT2D eigenvalue weighted by Crippen LogP contribution is 2.43. The van der Waals surface area contributed by atoms with Gasteiger partial charge in [-0.1, -0.05) is 30.3 Å². The number of ether oxygens (including phenoxy) is 1. The normalized spacial score (nSPS) is 20.7. The molecule has 0 saturated heterocycles. The van der Waals surface area contributed by atoms with Gasteiger partial charge >= 0.3 is 0 Å². The molecule has 2 aromatic rings. The summed E-state index contributed by atoms with van der Waals surface area (Å²) in [7, 11) is 0. The number of nitro benzene ring substituents is 1. The number of aliphatic imine (C=N–C) groups is 1. The smallest absolute Gasteiger partial charge is 0.270 e. The molecule has 0 aliphatic carbocycles. The van der Waals surface area contributed by atoms with Gasteiger partial charge in [-0.2, -0.15) is 5.26 Å². The van der Waals surface area contributed by atoms with E-state index in [1.54, 1.807) is 38.1 Å². The standard InChI is InChI=1S/C19H18N4O4/c1-19(2)17(24)16(14-10-13(23(25)26)8-9-15(14)27-19)22-18(21-11-20)12-6-4-3-5-7-12/h3-10,16-17,24H,1-2H3,(H,21,22)/t16-,17+/m1/s1. The minimum atomic E-state index is -1.08. The third kappa shape index (κ3) is 3.59. The minimum absolute atomic E-state index is 0.126. The van der Waals surface area contributed by atoms with Crippen molar-refractivity contribution in [2.24, 2.45) is 4.99 Å². The maximum atomic E-state index is 11.2. The molecule has 0 radical (unpaired) electrons. The molecule has 138 valence electrons. The molecule has 0 unspecified atom stereocenters. The van der Waals surface area contributed by atoms with Crippen molar-refractivity contribution in [2.45, 2.75) is 31.6 Å². The van der Waals surface area contributed by atoms with Crippen molar-refractivity contribution in [1.82, 2.24) is 5.32 Å². The molecule has 0 fully saturated rings. The van der Waals surface area contributed by atoms with Gasteiger partial charge in [0, 0.05) is 23.3 Å². The Balaban J connectivity index is 2.16. The van der Waals surface area contributed by atoms with E-state index in [2.05, 4.69) is 10.3 Å². The van der Waals surface area contributed by atoms with Crippen molar-refractivity contribution in [2.75, 3.05) is 0 Å². The van der Waals surface area contributed by atoms with Gasteiger partial charge in [-0.25, -0.2) is 0 Å². The number of non-ortho nitro benzene ring substituents is 1. The number of aliphatic hydroxyl groups excluding tert-OH is 1.